The van der Waals surface area contributed by atoms with Gasteiger partial charge in [-0.25, -0.2) is 0 Å². The molecule has 0 saturated heterocycles. The molecule has 1 N–H and O–H groups in total. The Labute approximate surface area is 130 Å². The summed E-state index contributed by atoms with van der Waals surface area (Å²) in [7, 11) is 0. The Morgan fingerprint density at radius 1 is 1.12 bits per heavy atom. The van der Waals surface area contributed by atoms with Crippen molar-refractivity contribution in [1.29, 1.82) is 0 Å². The Morgan fingerprint density at radius 2 is 1.88 bits per heavy atom. The van der Waals surface area contributed by atoms with Gasteiger partial charge in [0, 0.05) is 24.0 Å². The first-order valence-electron chi connectivity index (χ1n) is 5.02. The minimum Gasteiger partial charge on any atom is -0.377 e. The summed E-state index contributed by atoms with van der Waals surface area (Å²) in [6.45, 7) is 2.16. The van der Waals surface area contributed by atoms with Crippen molar-refractivity contribution >= 4 is 64.8 Å². The Morgan fingerprint density at radius 3 is 2.47 bits per heavy atom. The summed E-state index contributed by atoms with van der Waals surface area (Å²) < 4.78 is 3.29. The molecule has 2 rings (SSSR count). The molecule has 0 bridgehead atoms. The Kier molecular flexibility index (Phi) is 4.69. The molecule has 0 fully saturated rings. The molecule has 1 aromatic carbocycles. The van der Waals surface area contributed by atoms with Crippen LogP contribution in [0.25, 0.3) is 0 Å². The third-order valence-electron chi connectivity index (χ3n) is 2.34. The number of benzene rings is 1. The first-order chi connectivity index (χ1) is 8.08. The average molecular weight is 440 g/mol. The molecular formula is C12H10Br3NS. The summed E-state index contributed by atoms with van der Waals surface area (Å²) in [6.07, 6.45) is 0. The maximum atomic E-state index is 3.56. The molecule has 1 heterocycles. The average Bonchev–Trinajstić information content (AvgIpc) is 2.68. The van der Waals surface area contributed by atoms with Crippen molar-refractivity contribution in [2.24, 2.45) is 0 Å². The lowest BCUT2D eigenvalue weighted by molar-refractivity contribution is 0.902. The van der Waals surface area contributed by atoms with Crippen molar-refractivity contribution in [3.05, 3.63) is 47.9 Å². The number of rotatable bonds is 3. The van der Waals surface area contributed by atoms with E-state index in [1.165, 1.54) is 4.88 Å². The number of nitrogens with one attached hydrogen (secondary N) is 1. The first kappa shape index (κ1) is 13.6. The van der Waals surface area contributed by atoms with E-state index in [2.05, 4.69) is 77.5 Å². The van der Waals surface area contributed by atoms with Crippen molar-refractivity contribution in [3.63, 3.8) is 0 Å². The third-order valence-corrected chi connectivity index (χ3v) is 5.54. The van der Waals surface area contributed by atoms with Crippen molar-refractivity contribution in [1.82, 2.24) is 0 Å². The van der Waals surface area contributed by atoms with Crippen molar-refractivity contribution < 1.29 is 0 Å². The molecule has 1 aromatic heterocycles. The Bertz CT molecular complexity index is 524. The van der Waals surface area contributed by atoms with Crippen LogP contribution in [-0.4, -0.2) is 0 Å². The van der Waals surface area contributed by atoms with Gasteiger partial charge in [0.15, 0.2) is 0 Å². The molecule has 0 spiro atoms. The highest BCUT2D eigenvalue weighted by molar-refractivity contribution is 9.11. The maximum absolute atomic E-state index is 3.56. The largest absolute Gasteiger partial charge is 0.377 e. The molecule has 17 heavy (non-hydrogen) atoms. The highest BCUT2D eigenvalue weighted by Gasteiger charge is 2.11. The minimum atomic E-state index is 0.279. The Balaban J connectivity index is 2.19. The van der Waals surface area contributed by atoms with Crippen LogP contribution >= 0.6 is 59.1 Å². The number of halogens is 3. The van der Waals surface area contributed by atoms with Crippen LogP contribution in [0.3, 0.4) is 0 Å². The van der Waals surface area contributed by atoms with Crippen LogP contribution in [0.4, 0.5) is 5.69 Å². The van der Waals surface area contributed by atoms with E-state index in [0.29, 0.717) is 0 Å². The maximum Gasteiger partial charge on any atom is 0.0590 e. The number of thiophene rings is 1. The minimum absolute atomic E-state index is 0.279. The second-order valence-corrected chi connectivity index (χ2v) is 7.20. The van der Waals surface area contributed by atoms with E-state index in [4.69, 9.17) is 0 Å². The number of hydrogen-bond donors (Lipinski definition) is 1. The van der Waals surface area contributed by atoms with Crippen molar-refractivity contribution in [3.8, 4) is 0 Å². The monoisotopic (exact) mass is 437 g/mol. The van der Waals surface area contributed by atoms with Crippen LogP contribution in [0.15, 0.2) is 43.1 Å². The highest BCUT2D eigenvalue weighted by atomic mass is 79.9. The quantitative estimate of drug-likeness (QED) is 0.599. The lowest BCUT2D eigenvalue weighted by atomic mass is 10.2. The zero-order chi connectivity index (χ0) is 12.4. The summed E-state index contributed by atoms with van der Waals surface area (Å²) >= 11 is 12.3. The standard InChI is InChI=1S/C12H10Br3NS/c1-7(12-9(14)4-5-17-12)16-11-3-2-8(13)6-10(11)15/h2-7,16H,1H3. The van der Waals surface area contributed by atoms with Crippen LogP contribution < -0.4 is 5.32 Å². The predicted octanol–water partition coefficient (Wildman–Crippen LogP) is 6.21. The molecule has 2 aromatic rings. The zero-order valence-electron chi connectivity index (χ0n) is 9.01. The van der Waals surface area contributed by atoms with Crippen LogP contribution in [0.2, 0.25) is 0 Å². The second-order valence-electron chi connectivity index (χ2n) is 3.62. The second kappa shape index (κ2) is 5.87. The van der Waals surface area contributed by atoms with Gasteiger partial charge in [0.25, 0.3) is 0 Å². The van der Waals surface area contributed by atoms with Gasteiger partial charge in [-0.1, -0.05) is 15.9 Å². The molecule has 90 valence electrons. The van der Waals surface area contributed by atoms with Crippen molar-refractivity contribution in [2.75, 3.05) is 5.32 Å². The molecule has 5 heteroatoms. The third kappa shape index (κ3) is 3.34. The van der Waals surface area contributed by atoms with Crippen LogP contribution in [0.1, 0.15) is 17.8 Å². The van der Waals surface area contributed by atoms with Gasteiger partial charge in [0.1, 0.15) is 0 Å². The van der Waals surface area contributed by atoms with E-state index in [9.17, 15) is 0 Å². The van der Waals surface area contributed by atoms with E-state index in [0.717, 1.165) is 19.1 Å². The fraction of sp³-hybridized carbons (Fsp3) is 0.167. The number of hydrogen-bond acceptors (Lipinski definition) is 2. The molecular weight excluding hydrogens is 430 g/mol. The Hall–Kier alpha value is 0.160. The molecule has 0 amide bonds. The summed E-state index contributed by atoms with van der Waals surface area (Å²) in [5.74, 6) is 0. The van der Waals surface area contributed by atoms with Gasteiger partial charge < -0.3 is 5.32 Å². The van der Waals surface area contributed by atoms with Gasteiger partial charge in [-0.15, -0.1) is 11.3 Å². The fourth-order valence-electron chi connectivity index (χ4n) is 1.52. The summed E-state index contributed by atoms with van der Waals surface area (Å²) in [6, 6.07) is 8.49. The van der Waals surface area contributed by atoms with E-state index < -0.39 is 0 Å². The van der Waals surface area contributed by atoms with E-state index in [-0.39, 0.29) is 6.04 Å². The van der Waals surface area contributed by atoms with Gasteiger partial charge >= 0.3 is 0 Å². The van der Waals surface area contributed by atoms with Gasteiger partial charge in [0.05, 0.1) is 6.04 Å². The van der Waals surface area contributed by atoms with Gasteiger partial charge in [0.2, 0.25) is 0 Å². The normalized spacial score (nSPS) is 12.5. The molecule has 1 nitrogen and oxygen atoms in total. The highest BCUT2D eigenvalue weighted by Crippen LogP contribution is 2.33. The van der Waals surface area contributed by atoms with Crippen LogP contribution in [0, 0.1) is 0 Å². The van der Waals surface area contributed by atoms with Gasteiger partial charge in [-0.2, -0.15) is 0 Å². The lowest BCUT2D eigenvalue weighted by Crippen LogP contribution is -2.05. The molecule has 0 saturated carbocycles. The van der Waals surface area contributed by atoms with Crippen LogP contribution in [0.5, 0.6) is 0 Å². The fourth-order valence-corrected chi connectivity index (χ4v) is 4.41. The smallest absolute Gasteiger partial charge is 0.0590 e. The molecule has 1 unspecified atom stereocenters. The van der Waals surface area contributed by atoms with Gasteiger partial charge in [-0.05, 0) is 68.4 Å². The molecule has 0 aliphatic carbocycles. The molecule has 0 aliphatic rings. The SMILES string of the molecule is CC(Nc1ccc(Br)cc1Br)c1sccc1Br. The molecule has 1 atom stereocenters. The summed E-state index contributed by atoms with van der Waals surface area (Å²) in [5, 5.41) is 5.58. The summed E-state index contributed by atoms with van der Waals surface area (Å²) in [4.78, 5) is 1.31. The van der Waals surface area contributed by atoms with E-state index in [1.807, 2.05) is 12.1 Å². The van der Waals surface area contributed by atoms with Crippen LogP contribution in [-0.2, 0) is 0 Å². The zero-order valence-corrected chi connectivity index (χ0v) is 14.6. The van der Waals surface area contributed by atoms with Gasteiger partial charge in [-0.3, -0.25) is 0 Å². The summed E-state index contributed by atoms with van der Waals surface area (Å²) in [5.41, 5.74) is 1.10. The lowest BCUT2D eigenvalue weighted by Gasteiger charge is -2.16. The predicted molar refractivity (Wildman–Crippen MR) is 85.9 cm³/mol. The first-order valence-corrected chi connectivity index (χ1v) is 8.28. The topological polar surface area (TPSA) is 12.0 Å². The number of anilines is 1. The van der Waals surface area contributed by atoms with E-state index >= 15 is 0 Å². The van der Waals surface area contributed by atoms with E-state index in [1.54, 1.807) is 11.3 Å². The molecule has 0 aliphatic heterocycles. The molecule has 0 radical (unpaired) electrons. The van der Waals surface area contributed by atoms with Crippen molar-refractivity contribution in [2.45, 2.75) is 13.0 Å².